The lowest BCUT2D eigenvalue weighted by molar-refractivity contribution is 0.0112. The molecule has 1 aromatic rings. The predicted octanol–water partition coefficient (Wildman–Crippen LogP) is 1.41. The Morgan fingerprint density at radius 3 is 2.38 bits per heavy atom. The summed E-state index contributed by atoms with van der Waals surface area (Å²) in [6.07, 6.45) is 2.70. The fourth-order valence-electron chi connectivity index (χ4n) is 1.73. The van der Waals surface area contributed by atoms with E-state index < -0.39 is 6.16 Å². The molecule has 0 amide bonds. The molecule has 6 nitrogen and oxygen atoms in total. The zero-order valence-corrected chi connectivity index (χ0v) is 8.63. The molecule has 0 aromatic carbocycles. The van der Waals surface area contributed by atoms with Gasteiger partial charge in [0, 0.05) is 12.1 Å². The average Bonchev–Trinajstić information content (AvgIpc) is 2.83. The molecule has 0 saturated heterocycles. The lowest BCUT2D eigenvalue weighted by atomic mass is 10.3. The highest BCUT2D eigenvalue weighted by Crippen LogP contribution is 2.22. The number of aromatic nitrogens is 1. The van der Waals surface area contributed by atoms with Crippen molar-refractivity contribution in [2.75, 3.05) is 0 Å². The number of aromatic hydroxyl groups is 2. The third kappa shape index (κ3) is 2.21. The molecule has 1 saturated carbocycles. The molecule has 0 unspecified atom stereocenters. The van der Waals surface area contributed by atoms with E-state index in [4.69, 9.17) is 4.74 Å². The fraction of sp³-hybridized carbons (Fsp3) is 0.500. The molecule has 16 heavy (non-hydrogen) atoms. The summed E-state index contributed by atoms with van der Waals surface area (Å²) in [5.41, 5.74) is 0. The molecule has 0 spiro atoms. The van der Waals surface area contributed by atoms with Gasteiger partial charge in [-0.25, -0.2) is 4.79 Å². The Balaban J connectivity index is 1.91. The van der Waals surface area contributed by atoms with Gasteiger partial charge >= 0.3 is 6.16 Å². The second kappa shape index (κ2) is 4.34. The minimum Gasteiger partial charge on any atom is -0.492 e. The lowest BCUT2D eigenvalue weighted by Gasteiger charge is -2.11. The van der Waals surface area contributed by atoms with Crippen LogP contribution in [0.25, 0.3) is 0 Å². The number of nitrogens with zero attached hydrogens (tertiary/aromatic N) is 1. The van der Waals surface area contributed by atoms with Crippen LogP contribution in [-0.4, -0.2) is 27.2 Å². The number of carbonyl (C=O) groups excluding carboxylic acids is 1. The van der Waals surface area contributed by atoms with Gasteiger partial charge in [0.1, 0.15) is 6.10 Å². The molecule has 0 radical (unpaired) electrons. The molecular formula is C10H13NO5. The molecule has 6 heteroatoms. The van der Waals surface area contributed by atoms with Gasteiger partial charge in [0.15, 0.2) is 0 Å². The molecule has 1 aromatic heterocycles. The van der Waals surface area contributed by atoms with Crippen molar-refractivity contribution in [1.29, 1.82) is 0 Å². The SMILES string of the molecule is O=C(OC1CCCC1)On1c(O)ccc1O. The third-order valence-corrected chi connectivity index (χ3v) is 2.53. The molecule has 2 N–H and O–H groups in total. The van der Waals surface area contributed by atoms with Crippen LogP contribution in [-0.2, 0) is 4.74 Å². The molecule has 1 aliphatic carbocycles. The van der Waals surface area contributed by atoms with E-state index in [1.54, 1.807) is 0 Å². The lowest BCUT2D eigenvalue weighted by Crippen LogP contribution is -2.24. The molecule has 0 bridgehead atoms. The summed E-state index contributed by atoms with van der Waals surface area (Å²) in [5, 5.41) is 18.4. The maximum Gasteiger partial charge on any atom is 0.534 e. The van der Waals surface area contributed by atoms with Gasteiger partial charge in [-0.3, -0.25) is 4.84 Å². The first kappa shape index (κ1) is 10.7. The van der Waals surface area contributed by atoms with Gasteiger partial charge in [0.2, 0.25) is 11.8 Å². The molecule has 1 heterocycles. The Labute approximate surface area is 92.0 Å². The van der Waals surface area contributed by atoms with E-state index in [0.717, 1.165) is 25.7 Å². The second-order valence-electron chi connectivity index (χ2n) is 3.71. The van der Waals surface area contributed by atoms with Crippen molar-refractivity contribution in [2.45, 2.75) is 31.8 Å². The summed E-state index contributed by atoms with van der Waals surface area (Å²) >= 11 is 0. The predicted molar refractivity (Wildman–Crippen MR) is 53.1 cm³/mol. The van der Waals surface area contributed by atoms with Crippen molar-refractivity contribution < 1.29 is 24.6 Å². The van der Waals surface area contributed by atoms with Gasteiger partial charge in [-0.1, -0.05) is 0 Å². The maximum atomic E-state index is 11.3. The third-order valence-electron chi connectivity index (χ3n) is 2.53. The molecule has 1 fully saturated rings. The Morgan fingerprint density at radius 1 is 1.25 bits per heavy atom. The zero-order chi connectivity index (χ0) is 11.5. The van der Waals surface area contributed by atoms with Crippen molar-refractivity contribution in [3.63, 3.8) is 0 Å². The molecule has 0 aliphatic heterocycles. The normalized spacial score (nSPS) is 16.2. The van der Waals surface area contributed by atoms with Crippen molar-refractivity contribution >= 4 is 6.16 Å². The van der Waals surface area contributed by atoms with Gasteiger partial charge < -0.3 is 14.9 Å². The summed E-state index contributed by atoms with van der Waals surface area (Å²) in [7, 11) is 0. The summed E-state index contributed by atoms with van der Waals surface area (Å²) in [6.45, 7) is 0. The van der Waals surface area contributed by atoms with Gasteiger partial charge in [-0.2, -0.15) is 0 Å². The monoisotopic (exact) mass is 227 g/mol. The van der Waals surface area contributed by atoms with Crippen LogP contribution >= 0.6 is 0 Å². The van der Waals surface area contributed by atoms with E-state index in [2.05, 4.69) is 4.84 Å². The van der Waals surface area contributed by atoms with Crippen LogP contribution in [0.2, 0.25) is 0 Å². The van der Waals surface area contributed by atoms with Crippen LogP contribution in [0.1, 0.15) is 25.7 Å². The van der Waals surface area contributed by atoms with Crippen molar-refractivity contribution in [3.05, 3.63) is 12.1 Å². The maximum absolute atomic E-state index is 11.3. The van der Waals surface area contributed by atoms with Crippen LogP contribution in [0, 0.1) is 0 Å². The number of carbonyl (C=O) groups is 1. The highest BCUT2D eigenvalue weighted by atomic mass is 16.8. The highest BCUT2D eigenvalue weighted by molar-refractivity contribution is 5.61. The Hall–Kier alpha value is -1.85. The summed E-state index contributed by atoms with van der Waals surface area (Å²) in [5.74, 6) is -0.721. The van der Waals surface area contributed by atoms with Crippen LogP contribution < -0.4 is 4.84 Å². The van der Waals surface area contributed by atoms with Crippen LogP contribution in [0.5, 0.6) is 11.8 Å². The first-order valence-corrected chi connectivity index (χ1v) is 5.15. The minimum atomic E-state index is -0.922. The number of hydrogen-bond donors (Lipinski definition) is 2. The van der Waals surface area contributed by atoms with E-state index in [9.17, 15) is 15.0 Å². The Morgan fingerprint density at radius 2 is 1.81 bits per heavy atom. The first-order valence-electron chi connectivity index (χ1n) is 5.15. The number of rotatable bonds is 2. The molecule has 0 atom stereocenters. The van der Waals surface area contributed by atoms with E-state index >= 15 is 0 Å². The van der Waals surface area contributed by atoms with Gasteiger partial charge in [0.25, 0.3) is 0 Å². The largest absolute Gasteiger partial charge is 0.534 e. The second-order valence-corrected chi connectivity index (χ2v) is 3.71. The van der Waals surface area contributed by atoms with Crippen LogP contribution in [0.3, 0.4) is 0 Å². The number of hydrogen-bond acceptors (Lipinski definition) is 5. The van der Waals surface area contributed by atoms with Crippen molar-refractivity contribution in [2.24, 2.45) is 0 Å². The first-order chi connectivity index (χ1) is 7.66. The van der Waals surface area contributed by atoms with E-state index in [1.165, 1.54) is 12.1 Å². The molecular weight excluding hydrogens is 214 g/mol. The van der Waals surface area contributed by atoms with E-state index in [-0.39, 0.29) is 17.9 Å². The zero-order valence-electron chi connectivity index (χ0n) is 8.63. The molecule has 2 rings (SSSR count). The van der Waals surface area contributed by atoms with Crippen LogP contribution in [0.15, 0.2) is 12.1 Å². The van der Waals surface area contributed by atoms with Gasteiger partial charge in [-0.05, 0) is 25.7 Å². The van der Waals surface area contributed by atoms with E-state index in [1.807, 2.05) is 0 Å². The smallest absolute Gasteiger partial charge is 0.492 e. The van der Waals surface area contributed by atoms with Gasteiger partial charge in [0.05, 0.1) is 0 Å². The average molecular weight is 227 g/mol. The summed E-state index contributed by atoms with van der Waals surface area (Å²) in [4.78, 5) is 15.9. The summed E-state index contributed by atoms with van der Waals surface area (Å²) < 4.78 is 5.60. The summed E-state index contributed by atoms with van der Waals surface area (Å²) in [6, 6.07) is 2.41. The topological polar surface area (TPSA) is 80.9 Å². The highest BCUT2D eigenvalue weighted by Gasteiger charge is 2.21. The van der Waals surface area contributed by atoms with Crippen molar-refractivity contribution in [1.82, 2.24) is 4.73 Å². The van der Waals surface area contributed by atoms with Gasteiger partial charge in [-0.15, -0.1) is 4.73 Å². The Kier molecular flexibility index (Phi) is 2.89. The Bertz CT molecular complexity index is 361. The quantitative estimate of drug-likeness (QED) is 0.746. The number of ether oxygens (including phenoxy) is 1. The van der Waals surface area contributed by atoms with Crippen molar-refractivity contribution in [3.8, 4) is 11.8 Å². The van der Waals surface area contributed by atoms with E-state index in [0.29, 0.717) is 4.73 Å². The standard InChI is InChI=1S/C10H13NO5/c12-8-5-6-9(13)11(8)16-10(14)15-7-3-1-2-4-7/h5-7,12-13H,1-4H2. The molecule has 88 valence electrons. The fourth-order valence-corrected chi connectivity index (χ4v) is 1.73. The minimum absolute atomic E-state index is 0.118. The van der Waals surface area contributed by atoms with Crippen LogP contribution in [0.4, 0.5) is 4.79 Å². The molecule has 1 aliphatic rings.